The molecule has 1 N–H and O–H groups in total. The fourth-order valence-corrected chi connectivity index (χ4v) is 3.15. The molecule has 7 nitrogen and oxygen atoms in total. The zero-order chi connectivity index (χ0) is 19.1. The number of anilines is 1. The van der Waals surface area contributed by atoms with Crippen LogP contribution in [0.1, 0.15) is 24.1 Å². The molecule has 0 radical (unpaired) electrons. The Morgan fingerprint density at radius 3 is 2.85 bits per heavy atom. The van der Waals surface area contributed by atoms with E-state index in [1.165, 1.54) is 6.20 Å². The maximum atomic E-state index is 12.0. The Morgan fingerprint density at radius 2 is 2.11 bits per heavy atom. The lowest BCUT2D eigenvalue weighted by molar-refractivity contribution is -0.123. The number of piperidine rings is 1. The summed E-state index contributed by atoms with van der Waals surface area (Å²) in [5.41, 5.74) is 1.46. The van der Waals surface area contributed by atoms with Gasteiger partial charge in [0.2, 0.25) is 0 Å². The molecule has 2 aromatic rings. The highest BCUT2D eigenvalue weighted by Gasteiger charge is 2.22. The topological polar surface area (TPSA) is 91.1 Å². The number of aromatic nitrogens is 2. The minimum absolute atomic E-state index is 0.0213. The molecule has 0 bridgehead atoms. The average molecular weight is 365 g/mol. The van der Waals surface area contributed by atoms with Crippen molar-refractivity contribution in [1.82, 2.24) is 15.3 Å². The van der Waals surface area contributed by atoms with Crippen LogP contribution < -0.4 is 15.0 Å². The first-order chi connectivity index (χ1) is 13.2. The molecular formula is C20H23N5O2. The van der Waals surface area contributed by atoms with Gasteiger partial charge < -0.3 is 15.0 Å². The first kappa shape index (κ1) is 18.6. The van der Waals surface area contributed by atoms with Crippen molar-refractivity contribution in [3.05, 3.63) is 47.9 Å². The number of hydrogen-bond donors (Lipinski definition) is 1. The number of nitrogens with one attached hydrogen (secondary N) is 1. The average Bonchev–Trinajstić information content (AvgIpc) is 2.71. The first-order valence-electron chi connectivity index (χ1n) is 9.08. The van der Waals surface area contributed by atoms with Crippen LogP contribution in [-0.4, -0.2) is 42.1 Å². The summed E-state index contributed by atoms with van der Waals surface area (Å²) >= 11 is 0. The van der Waals surface area contributed by atoms with Crippen LogP contribution in [0, 0.1) is 24.2 Å². The smallest absolute Gasteiger partial charge is 0.257 e. The summed E-state index contributed by atoms with van der Waals surface area (Å²) in [5.74, 6) is 1.65. The van der Waals surface area contributed by atoms with Gasteiger partial charge in [-0.1, -0.05) is 12.1 Å². The zero-order valence-electron chi connectivity index (χ0n) is 15.4. The second kappa shape index (κ2) is 8.99. The maximum Gasteiger partial charge on any atom is 0.257 e. The molecule has 1 aromatic heterocycles. The Bertz CT molecular complexity index is 825. The number of carbonyl (C=O) groups is 1. The minimum Gasteiger partial charge on any atom is -0.484 e. The van der Waals surface area contributed by atoms with Crippen molar-refractivity contribution in [2.75, 3.05) is 31.1 Å². The van der Waals surface area contributed by atoms with Gasteiger partial charge in [0, 0.05) is 32.0 Å². The molecule has 1 aliphatic heterocycles. The number of ether oxygens (including phenoxy) is 1. The van der Waals surface area contributed by atoms with Gasteiger partial charge in [-0.25, -0.2) is 9.97 Å². The van der Waals surface area contributed by atoms with E-state index in [9.17, 15) is 4.79 Å². The molecule has 0 atom stereocenters. The number of aryl methyl sites for hydroxylation is 1. The fourth-order valence-electron chi connectivity index (χ4n) is 3.15. The largest absolute Gasteiger partial charge is 0.484 e. The molecule has 0 spiro atoms. The van der Waals surface area contributed by atoms with Crippen LogP contribution in [0.15, 0.2) is 36.7 Å². The Kier molecular flexibility index (Phi) is 6.21. The predicted molar refractivity (Wildman–Crippen MR) is 101 cm³/mol. The van der Waals surface area contributed by atoms with Gasteiger partial charge in [0.05, 0.1) is 0 Å². The molecule has 0 unspecified atom stereocenters. The molecule has 1 saturated heterocycles. The Balaban J connectivity index is 1.40. The molecule has 27 heavy (non-hydrogen) atoms. The van der Waals surface area contributed by atoms with Gasteiger partial charge in [0.15, 0.2) is 18.1 Å². The Hall–Kier alpha value is -3.14. The molecule has 0 aliphatic carbocycles. The van der Waals surface area contributed by atoms with Gasteiger partial charge >= 0.3 is 0 Å². The van der Waals surface area contributed by atoms with Crippen LogP contribution in [0.3, 0.4) is 0 Å². The summed E-state index contributed by atoms with van der Waals surface area (Å²) in [6.07, 6.45) is 5.00. The van der Waals surface area contributed by atoms with Crippen LogP contribution in [0.25, 0.3) is 0 Å². The normalized spacial score (nSPS) is 14.4. The van der Waals surface area contributed by atoms with E-state index in [4.69, 9.17) is 10.00 Å². The quantitative estimate of drug-likeness (QED) is 0.843. The molecule has 3 rings (SSSR count). The molecule has 1 amide bonds. The summed E-state index contributed by atoms with van der Waals surface area (Å²) in [5, 5.41) is 12.1. The molecule has 1 aliphatic rings. The summed E-state index contributed by atoms with van der Waals surface area (Å²) in [7, 11) is 0. The van der Waals surface area contributed by atoms with Crippen molar-refractivity contribution in [3.8, 4) is 11.8 Å². The van der Waals surface area contributed by atoms with Crippen molar-refractivity contribution < 1.29 is 9.53 Å². The van der Waals surface area contributed by atoms with E-state index in [1.54, 1.807) is 6.20 Å². The lowest BCUT2D eigenvalue weighted by Gasteiger charge is -2.32. The van der Waals surface area contributed by atoms with Crippen molar-refractivity contribution in [2.24, 2.45) is 5.92 Å². The molecule has 1 aromatic carbocycles. The number of rotatable bonds is 6. The second-order valence-corrected chi connectivity index (χ2v) is 6.68. The van der Waals surface area contributed by atoms with Crippen LogP contribution >= 0.6 is 0 Å². The van der Waals surface area contributed by atoms with E-state index in [0.29, 0.717) is 29.7 Å². The number of nitriles is 1. The van der Waals surface area contributed by atoms with E-state index < -0.39 is 0 Å². The number of amides is 1. The van der Waals surface area contributed by atoms with Crippen molar-refractivity contribution in [3.63, 3.8) is 0 Å². The lowest BCUT2D eigenvalue weighted by atomic mass is 9.96. The van der Waals surface area contributed by atoms with Gasteiger partial charge in [0.25, 0.3) is 5.91 Å². The summed E-state index contributed by atoms with van der Waals surface area (Å²) < 4.78 is 5.52. The highest BCUT2D eigenvalue weighted by molar-refractivity contribution is 5.77. The number of carbonyl (C=O) groups excluding carboxylic acids is 1. The van der Waals surface area contributed by atoms with E-state index in [-0.39, 0.29) is 12.5 Å². The van der Waals surface area contributed by atoms with E-state index in [2.05, 4.69) is 26.3 Å². The number of nitrogens with zero attached hydrogens (tertiary/aromatic N) is 4. The van der Waals surface area contributed by atoms with Gasteiger partial charge in [-0.3, -0.25) is 4.79 Å². The maximum absolute atomic E-state index is 12.0. The van der Waals surface area contributed by atoms with Gasteiger partial charge in [-0.05, 0) is 43.4 Å². The fraction of sp³-hybridized carbons (Fsp3) is 0.400. The summed E-state index contributed by atoms with van der Waals surface area (Å²) in [6.45, 7) is 4.24. The van der Waals surface area contributed by atoms with Gasteiger partial charge in [0.1, 0.15) is 11.8 Å². The lowest BCUT2D eigenvalue weighted by Crippen LogP contribution is -2.40. The van der Waals surface area contributed by atoms with Crippen LogP contribution in [-0.2, 0) is 4.79 Å². The highest BCUT2D eigenvalue weighted by atomic mass is 16.5. The second-order valence-electron chi connectivity index (χ2n) is 6.68. The van der Waals surface area contributed by atoms with Crippen LogP contribution in [0.5, 0.6) is 5.75 Å². The highest BCUT2D eigenvalue weighted by Crippen LogP contribution is 2.22. The molecule has 2 heterocycles. The number of benzene rings is 1. The standard InChI is InChI=1S/C20H23N5O2/c1-15-3-2-4-17(11-15)27-14-19(26)24-13-16-5-9-25(10-6-16)20-18(12-21)22-7-8-23-20/h2-4,7-8,11,16H,5-6,9-10,13-14H2,1H3,(H,24,26). The Morgan fingerprint density at radius 1 is 1.33 bits per heavy atom. The molecule has 0 saturated carbocycles. The summed E-state index contributed by atoms with van der Waals surface area (Å²) in [4.78, 5) is 22.5. The van der Waals surface area contributed by atoms with E-state index >= 15 is 0 Å². The third-order valence-corrected chi connectivity index (χ3v) is 4.65. The molecule has 1 fully saturated rings. The van der Waals surface area contributed by atoms with Crippen LogP contribution in [0.4, 0.5) is 5.82 Å². The molecule has 7 heteroatoms. The third-order valence-electron chi connectivity index (χ3n) is 4.65. The van der Waals surface area contributed by atoms with Gasteiger partial charge in [-0.2, -0.15) is 5.26 Å². The van der Waals surface area contributed by atoms with Crippen molar-refractivity contribution in [2.45, 2.75) is 19.8 Å². The SMILES string of the molecule is Cc1cccc(OCC(=O)NCC2CCN(c3nccnc3C#N)CC2)c1. The van der Waals surface area contributed by atoms with E-state index in [0.717, 1.165) is 31.5 Å². The van der Waals surface area contributed by atoms with Crippen LogP contribution in [0.2, 0.25) is 0 Å². The van der Waals surface area contributed by atoms with E-state index in [1.807, 2.05) is 31.2 Å². The van der Waals surface area contributed by atoms with Gasteiger partial charge in [-0.15, -0.1) is 0 Å². The minimum atomic E-state index is -0.111. The first-order valence-corrected chi connectivity index (χ1v) is 9.08. The zero-order valence-corrected chi connectivity index (χ0v) is 15.4. The van der Waals surface area contributed by atoms with Crippen molar-refractivity contribution >= 4 is 11.7 Å². The molecule has 140 valence electrons. The predicted octanol–water partition coefficient (Wildman–Crippen LogP) is 2.07. The summed E-state index contributed by atoms with van der Waals surface area (Å²) in [6, 6.07) is 9.74. The van der Waals surface area contributed by atoms with Crippen molar-refractivity contribution in [1.29, 1.82) is 5.26 Å². The monoisotopic (exact) mass is 365 g/mol. The molecular weight excluding hydrogens is 342 g/mol. The third kappa shape index (κ3) is 5.17. The number of hydrogen-bond acceptors (Lipinski definition) is 6. The Labute approximate surface area is 159 Å².